The van der Waals surface area contributed by atoms with Gasteiger partial charge in [0.2, 0.25) is 0 Å². The van der Waals surface area contributed by atoms with E-state index < -0.39 is 0 Å². The second-order valence-corrected chi connectivity index (χ2v) is 5.48. The zero-order chi connectivity index (χ0) is 14.7. The normalized spacial score (nSPS) is 14.3. The van der Waals surface area contributed by atoms with E-state index >= 15 is 0 Å². The van der Waals surface area contributed by atoms with Gasteiger partial charge in [0.15, 0.2) is 0 Å². The van der Waals surface area contributed by atoms with Crippen LogP contribution in [0.2, 0.25) is 5.15 Å². The van der Waals surface area contributed by atoms with Gasteiger partial charge in [-0.2, -0.15) is 0 Å². The molecule has 1 aromatic heterocycles. The molecule has 21 heavy (non-hydrogen) atoms. The molecule has 0 bridgehead atoms. The van der Waals surface area contributed by atoms with Crippen LogP contribution in [0.25, 0.3) is 0 Å². The Labute approximate surface area is 129 Å². The first-order chi connectivity index (χ1) is 10.3. The standard InChI is InChI=1S/C16H18ClN3O/c1-2-5-15-18-14(17)10-16(19-15)20-8-9-21-13-7-4-3-6-12(13)11-20/h3-4,6-7,10H,2,5,8-9,11H2,1H3. The van der Waals surface area contributed by atoms with E-state index in [2.05, 4.69) is 27.9 Å². The van der Waals surface area contributed by atoms with Crippen LogP contribution in [0.15, 0.2) is 30.3 Å². The van der Waals surface area contributed by atoms with Crippen molar-refractivity contribution in [3.8, 4) is 5.75 Å². The van der Waals surface area contributed by atoms with Crippen LogP contribution in [0.5, 0.6) is 5.75 Å². The third-order valence-corrected chi connectivity index (χ3v) is 3.67. The lowest BCUT2D eigenvalue weighted by Crippen LogP contribution is -2.26. The van der Waals surface area contributed by atoms with Crippen molar-refractivity contribution < 1.29 is 4.74 Å². The molecule has 110 valence electrons. The van der Waals surface area contributed by atoms with Gasteiger partial charge >= 0.3 is 0 Å². The molecule has 1 aliphatic rings. The highest BCUT2D eigenvalue weighted by Gasteiger charge is 2.17. The number of nitrogens with zero attached hydrogens (tertiary/aromatic N) is 3. The van der Waals surface area contributed by atoms with Crippen LogP contribution >= 0.6 is 11.6 Å². The SMILES string of the molecule is CCCc1nc(Cl)cc(N2CCOc3ccccc3C2)n1. The quantitative estimate of drug-likeness (QED) is 0.814. The lowest BCUT2D eigenvalue weighted by Gasteiger charge is -2.21. The fourth-order valence-electron chi connectivity index (χ4n) is 2.47. The summed E-state index contributed by atoms with van der Waals surface area (Å²) >= 11 is 6.14. The molecule has 0 unspecified atom stereocenters. The number of rotatable bonds is 3. The van der Waals surface area contributed by atoms with Crippen molar-refractivity contribution in [2.45, 2.75) is 26.3 Å². The molecule has 0 saturated carbocycles. The lowest BCUT2D eigenvalue weighted by molar-refractivity contribution is 0.331. The molecule has 0 radical (unpaired) electrons. The summed E-state index contributed by atoms with van der Waals surface area (Å²) in [5.74, 6) is 2.63. The molecule has 0 fully saturated rings. The molecule has 2 heterocycles. The van der Waals surface area contributed by atoms with E-state index in [9.17, 15) is 0 Å². The molecule has 0 N–H and O–H groups in total. The third kappa shape index (κ3) is 3.27. The van der Waals surface area contributed by atoms with Crippen molar-refractivity contribution in [1.29, 1.82) is 0 Å². The summed E-state index contributed by atoms with van der Waals surface area (Å²) in [6.07, 6.45) is 1.85. The van der Waals surface area contributed by atoms with Crippen LogP contribution in [0.3, 0.4) is 0 Å². The molecule has 4 nitrogen and oxygen atoms in total. The van der Waals surface area contributed by atoms with E-state index in [1.54, 1.807) is 0 Å². The Morgan fingerprint density at radius 3 is 3.00 bits per heavy atom. The fraction of sp³-hybridized carbons (Fsp3) is 0.375. The summed E-state index contributed by atoms with van der Waals surface area (Å²) in [7, 11) is 0. The summed E-state index contributed by atoms with van der Waals surface area (Å²) in [6.45, 7) is 4.31. The van der Waals surface area contributed by atoms with Crippen molar-refractivity contribution in [2.24, 2.45) is 0 Å². The fourth-order valence-corrected chi connectivity index (χ4v) is 2.67. The Bertz CT molecular complexity index is 633. The van der Waals surface area contributed by atoms with Crippen molar-refractivity contribution in [3.05, 3.63) is 46.9 Å². The topological polar surface area (TPSA) is 38.2 Å². The average Bonchev–Trinajstić information content (AvgIpc) is 2.69. The molecule has 1 aromatic carbocycles. The van der Waals surface area contributed by atoms with Gasteiger partial charge in [-0.1, -0.05) is 36.7 Å². The minimum atomic E-state index is 0.502. The Hall–Kier alpha value is -1.81. The molecule has 0 aliphatic carbocycles. The monoisotopic (exact) mass is 303 g/mol. The number of anilines is 1. The summed E-state index contributed by atoms with van der Waals surface area (Å²) in [6, 6.07) is 9.95. The Kier molecular flexibility index (Phi) is 4.25. The largest absolute Gasteiger partial charge is 0.491 e. The Balaban J connectivity index is 1.90. The smallest absolute Gasteiger partial charge is 0.134 e. The van der Waals surface area contributed by atoms with Gasteiger partial charge in [0, 0.05) is 24.6 Å². The van der Waals surface area contributed by atoms with E-state index in [1.807, 2.05) is 24.3 Å². The predicted molar refractivity (Wildman–Crippen MR) is 84.0 cm³/mol. The maximum absolute atomic E-state index is 6.14. The maximum Gasteiger partial charge on any atom is 0.134 e. The molecule has 3 rings (SSSR count). The number of benzene rings is 1. The van der Waals surface area contributed by atoms with Crippen LogP contribution in [0.1, 0.15) is 24.7 Å². The van der Waals surface area contributed by atoms with Gasteiger partial charge in [0.1, 0.15) is 29.2 Å². The zero-order valence-corrected chi connectivity index (χ0v) is 12.8. The number of fused-ring (bicyclic) bond motifs is 1. The van der Waals surface area contributed by atoms with Crippen LogP contribution in [0, 0.1) is 0 Å². The molecule has 0 atom stereocenters. The predicted octanol–water partition coefficient (Wildman–Crippen LogP) is 3.48. The van der Waals surface area contributed by atoms with Gasteiger partial charge in [-0.05, 0) is 12.5 Å². The highest BCUT2D eigenvalue weighted by molar-refractivity contribution is 6.29. The minimum Gasteiger partial charge on any atom is -0.491 e. The molecule has 0 saturated heterocycles. The average molecular weight is 304 g/mol. The van der Waals surface area contributed by atoms with Crippen molar-refractivity contribution in [3.63, 3.8) is 0 Å². The molecular weight excluding hydrogens is 286 g/mol. The van der Waals surface area contributed by atoms with Gasteiger partial charge in [-0.25, -0.2) is 9.97 Å². The number of aromatic nitrogens is 2. The summed E-state index contributed by atoms with van der Waals surface area (Å²) < 4.78 is 5.79. The van der Waals surface area contributed by atoms with Crippen molar-refractivity contribution >= 4 is 17.4 Å². The van der Waals surface area contributed by atoms with Crippen LogP contribution in [-0.4, -0.2) is 23.1 Å². The molecule has 1 aliphatic heterocycles. The number of halogens is 1. The summed E-state index contributed by atoms with van der Waals surface area (Å²) in [4.78, 5) is 11.1. The minimum absolute atomic E-state index is 0.502. The number of para-hydroxylation sites is 1. The van der Waals surface area contributed by atoms with Crippen LogP contribution < -0.4 is 9.64 Å². The van der Waals surface area contributed by atoms with E-state index in [4.69, 9.17) is 16.3 Å². The molecule has 0 spiro atoms. The molecule has 2 aromatic rings. The number of aryl methyl sites for hydroxylation is 1. The third-order valence-electron chi connectivity index (χ3n) is 3.48. The van der Waals surface area contributed by atoms with Gasteiger partial charge < -0.3 is 9.64 Å². The Morgan fingerprint density at radius 1 is 1.29 bits per heavy atom. The highest BCUT2D eigenvalue weighted by Crippen LogP contribution is 2.26. The van der Waals surface area contributed by atoms with Crippen molar-refractivity contribution in [1.82, 2.24) is 9.97 Å². The van der Waals surface area contributed by atoms with E-state index in [0.29, 0.717) is 11.8 Å². The van der Waals surface area contributed by atoms with E-state index in [1.165, 1.54) is 5.56 Å². The lowest BCUT2D eigenvalue weighted by atomic mass is 10.2. The first-order valence-corrected chi connectivity index (χ1v) is 7.63. The van der Waals surface area contributed by atoms with E-state index in [0.717, 1.165) is 43.3 Å². The van der Waals surface area contributed by atoms with E-state index in [-0.39, 0.29) is 0 Å². The molecule has 0 amide bonds. The second kappa shape index (κ2) is 6.31. The van der Waals surface area contributed by atoms with Gasteiger partial charge in [0.25, 0.3) is 0 Å². The van der Waals surface area contributed by atoms with Crippen LogP contribution in [0.4, 0.5) is 5.82 Å². The van der Waals surface area contributed by atoms with Crippen molar-refractivity contribution in [2.75, 3.05) is 18.1 Å². The van der Waals surface area contributed by atoms with Gasteiger partial charge in [-0.3, -0.25) is 0 Å². The van der Waals surface area contributed by atoms with Gasteiger partial charge in [-0.15, -0.1) is 0 Å². The summed E-state index contributed by atoms with van der Waals surface area (Å²) in [5.41, 5.74) is 1.17. The maximum atomic E-state index is 6.14. The first-order valence-electron chi connectivity index (χ1n) is 7.25. The first kappa shape index (κ1) is 14.1. The molecule has 5 heteroatoms. The Morgan fingerprint density at radius 2 is 2.14 bits per heavy atom. The van der Waals surface area contributed by atoms with Crippen LogP contribution in [-0.2, 0) is 13.0 Å². The zero-order valence-electron chi connectivity index (χ0n) is 12.1. The highest BCUT2D eigenvalue weighted by atomic mass is 35.5. The number of ether oxygens (including phenoxy) is 1. The molecular formula is C16H18ClN3O. The summed E-state index contributed by atoms with van der Waals surface area (Å²) in [5, 5.41) is 0.502. The second-order valence-electron chi connectivity index (χ2n) is 5.09. The number of hydrogen-bond acceptors (Lipinski definition) is 4. The number of hydrogen-bond donors (Lipinski definition) is 0. The van der Waals surface area contributed by atoms with Gasteiger partial charge in [0.05, 0.1) is 6.54 Å².